The molecule has 0 saturated carbocycles. The number of carbonyl (C=O) groups is 1. The number of aromatic amines is 1. The van der Waals surface area contributed by atoms with Gasteiger partial charge in [0.05, 0.1) is 10.9 Å². The molecule has 3 aromatic rings. The summed E-state index contributed by atoms with van der Waals surface area (Å²) in [7, 11) is 0. The Hall–Kier alpha value is -2.72. The highest BCUT2D eigenvalue weighted by Crippen LogP contribution is 2.13. The van der Waals surface area contributed by atoms with E-state index >= 15 is 0 Å². The van der Waals surface area contributed by atoms with Gasteiger partial charge in [-0.2, -0.15) is 0 Å². The Kier molecular flexibility index (Phi) is 4.08. The summed E-state index contributed by atoms with van der Waals surface area (Å²) < 4.78 is 0. The number of rotatable bonds is 3. The molecular weight excluding hydrogens is 312 g/mol. The number of aryl methyl sites for hydroxylation is 1. The molecule has 4 nitrogen and oxygen atoms in total. The quantitative estimate of drug-likeness (QED) is 0.589. The number of benzene rings is 2. The Bertz CT molecular complexity index is 972. The van der Waals surface area contributed by atoms with Gasteiger partial charge < -0.3 is 4.98 Å². The predicted molar refractivity (Wildman–Crippen MR) is 91.9 cm³/mol. The van der Waals surface area contributed by atoms with Gasteiger partial charge in [-0.1, -0.05) is 29.8 Å². The molecule has 1 heterocycles. The fourth-order valence-corrected chi connectivity index (χ4v) is 2.38. The Morgan fingerprint density at radius 2 is 1.91 bits per heavy atom. The maximum atomic E-state index is 12.3. The van der Waals surface area contributed by atoms with Crippen molar-refractivity contribution < 1.29 is 4.79 Å². The third-order valence-corrected chi connectivity index (χ3v) is 3.66. The molecule has 3 rings (SSSR count). The minimum absolute atomic E-state index is 0.179. The average molecular weight is 325 g/mol. The smallest absolute Gasteiger partial charge is 0.258 e. The van der Waals surface area contributed by atoms with Gasteiger partial charge in [-0.15, -0.1) is 0 Å². The summed E-state index contributed by atoms with van der Waals surface area (Å²) >= 11 is 5.82. The van der Waals surface area contributed by atoms with Crippen molar-refractivity contribution in [3.8, 4) is 0 Å². The van der Waals surface area contributed by atoms with Crippen LogP contribution in [0.4, 0.5) is 0 Å². The van der Waals surface area contributed by atoms with Crippen LogP contribution in [-0.4, -0.2) is 15.8 Å². The SMILES string of the molecule is Cc1nc2ccc(C(=O)/C=C/c3ccc(Cl)cc3)cc2c(=O)[nH]1. The molecule has 0 unspecified atom stereocenters. The van der Waals surface area contributed by atoms with Gasteiger partial charge in [0.25, 0.3) is 5.56 Å². The molecule has 23 heavy (non-hydrogen) atoms. The van der Waals surface area contributed by atoms with Gasteiger partial charge in [-0.05, 0) is 48.9 Å². The topological polar surface area (TPSA) is 62.8 Å². The van der Waals surface area contributed by atoms with Gasteiger partial charge in [0.1, 0.15) is 5.82 Å². The first kappa shape index (κ1) is 15.2. The molecule has 1 N–H and O–H groups in total. The highest BCUT2D eigenvalue weighted by Gasteiger charge is 2.07. The van der Waals surface area contributed by atoms with Crippen molar-refractivity contribution in [1.82, 2.24) is 9.97 Å². The first-order valence-electron chi connectivity index (χ1n) is 7.01. The summed E-state index contributed by atoms with van der Waals surface area (Å²) in [5.41, 5.74) is 1.64. The van der Waals surface area contributed by atoms with Crippen LogP contribution in [0.5, 0.6) is 0 Å². The van der Waals surface area contributed by atoms with Crippen molar-refractivity contribution in [1.29, 1.82) is 0 Å². The first-order valence-corrected chi connectivity index (χ1v) is 7.39. The molecule has 2 aromatic carbocycles. The maximum absolute atomic E-state index is 12.3. The number of ketones is 1. The van der Waals surface area contributed by atoms with Crippen molar-refractivity contribution in [2.75, 3.05) is 0 Å². The first-order chi connectivity index (χ1) is 11.0. The molecule has 0 fully saturated rings. The van der Waals surface area contributed by atoms with Crippen LogP contribution in [-0.2, 0) is 0 Å². The number of fused-ring (bicyclic) bond motifs is 1. The van der Waals surface area contributed by atoms with Gasteiger partial charge in [0.2, 0.25) is 0 Å². The number of nitrogens with zero attached hydrogens (tertiary/aromatic N) is 1. The highest BCUT2D eigenvalue weighted by atomic mass is 35.5. The number of hydrogen-bond acceptors (Lipinski definition) is 3. The molecule has 0 aliphatic carbocycles. The number of nitrogens with one attached hydrogen (secondary N) is 1. The second-order valence-electron chi connectivity index (χ2n) is 5.13. The summed E-state index contributed by atoms with van der Waals surface area (Å²) in [5.74, 6) is 0.367. The van der Waals surface area contributed by atoms with E-state index in [9.17, 15) is 9.59 Å². The van der Waals surface area contributed by atoms with Crippen LogP contribution in [0, 0.1) is 6.92 Å². The standard InChI is InChI=1S/C18H13ClN2O2/c1-11-20-16-8-5-13(10-15(16)18(23)21-11)17(22)9-4-12-2-6-14(19)7-3-12/h2-10H,1H3,(H,20,21,23)/b9-4+. The van der Waals surface area contributed by atoms with Gasteiger partial charge in [-0.3, -0.25) is 9.59 Å². The van der Waals surface area contributed by atoms with Crippen molar-refractivity contribution >= 4 is 34.4 Å². The molecule has 0 aliphatic heterocycles. The summed E-state index contributed by atoms with van der Waals surface area (Å²) in [5, 5.41) is 1.05. The molecule has 0 spiro atoms. The van der Waals surface area contributed by atoms with E-state index in [1.807, 2.05) is 12.1 Å². The lowest BCUT2D eigenvalue weighted by molar-refractivity contribution is 0.104. The monoisotopic (exact) mass is 324 g/mol. The number of halogens is 1. The van der Waals surface area contributed by atoms with E-state index in [0.717, 1.165) is 5.56 Å². The molecule has 0 aliphatic rings. The van der Waals surface area contributed by atoms with Crippen LogP contribution < -0.4 is 5.56 Å². The average Bonchev–Trinajstić information content (AvgIpc) is 2.53. The normalized spacial score (nSPS) is 11.2. The van der Waals surface area contributed by atoms with E-state index in [0.29, 0.717) is 27.3 Å². The predicted octanol–water partition coefficient (Wildman–Crippen LogP) is 3.78. The third-order valence-electron chi connectivity index (χ3n) is 3.41. The molecule has 0 bridgehead atoms. The van der Waals surface area contributed by atoms with E-state index in [1.165, 1.54) is 6.08 Å². The molecular formula is C18H13ClN2O2. The van der Waals surface area contributed by atoms with Crippen molar-refractivity contribution in [2.45, 2.75) is 6.92 Å². The molecule has 5 heteroatoms. The zero-order valence-electron chi connectivity index (χ0n) is 12.3. The number of allylic oxidation sites excluding steroid dienone is 1. The van der Waals surface area contributed by atoms with Crippen LogP contribution in [0.15, 0.2) is 53.3 Å². The van der Waals surface area contributed by atoms with Gasteiger partial charge in [-0.25, -0.2) is 4.98 Å². The number of carbonyl (C=O) groups excluding carboxylic acids is 1. The van der Waals surface area contributed by atoms with Crippen molar-refractivity contribution in [3.63, 3.8) is 0 Å². The lowest BCUT2D eigenvalue weighted by Crippen LogP contribution is -2.10. The zero-order valence-corrected chi connectivity index (χ0v) is 13.1. The van der Waals surface area contributed by atoms with E-state index in [2.05, 4.69) is 9.97 Å². The molecule has 0 amide bonds. The Morgan fingerprint density at radius 1 is 1.17 bits per heavy atom. The fourth-order valence-electron chi connectivity index (χ4n) is 2.25. The summed E-state index contributed by atoms with van der Waals surface area (Å²) in [6.07, 6.45) is 3.18. The molecule has 114 valence electrons. The van der Waals surface area contributed by atoms with Crippen LogP contribution in [0.25, 0.3) is 17.0 Å². The Labute approximate surface area is 137 Å². The molecule has 0 saturated heterocycles. The summed E-state index contributed by atoms with van der Waals surface area (Å²) in [4.78, 5) is 31.1. The number of aromatic nitrogens is 2. The lowest BCUT2D eigenvalue weighted by atomic mass is 10.1. The van der Waals surface area contributed by atoms with E-state index in [1.54, 1.807) is 43.3 Å². The van der Waals surface area contributed by atoms with Gasteiger partial charge in [0.15, 0.2) is 5.78 Å². The maximum Gasteiger partial charge on any atom is 0.258 e. The Morgan fingerprint density at radius 3 is 2.65 bits per heavy atom. The van der Waals surface area contributed by atoms with Crippen molar-refractivity contribution in [3.05, 3.63) is 80.9 Å². The Balaban J connectivity index is 1.92. The molecule has 0 atom stereocenters. The van der Waals surface area contributed by atoms with Crippen LogP contribution in [0.1, 0.15) is 21.7 Å². The number of hydrogen-bond donors (Lipinski definition) is 1. The fraction of sp³-hybridized carbons (Fsp3) is 0.0556. The lowest BCUT2D eigenvalue weighted by Gasteiger charge is -2.01. The van der Waals surface area contributed by atoms with Crippen LogP contribution >= 0.6 is 11.6 Å². The third kappa shape index (κ3) is 3.38. The summed E-state index contributed by atoms with van der Waals surface area (Å²) in [6, 6.07) is 12.1. The zero-order chi connectivity index (χ0) is 16.4. The van der Waals surface area contributed by atoms with Crippen LogP contribution in [0.2, 0.25) is 5.02 Å². The molecule has 0 radical (unpaired) electrons. The second-order valence-corrected chi connectivity index (χ2v) is 5.57. The summed E-state index contributed by atoms with van der Waals surface area (Å²) in [6.45, 7) is 1.72. The van der Waals surface area contributed by atoms with E-state index < -0.39 is 0 Å². The van der Waals surface area contributed by atoms with Gasteiger partial charge >= 0.3 is 0 Å². The van der Waals surface area contributed by atoms with Crippen molar-refractivity contribution in [2.24, 2.45) is 0 Å². The minimum atomic E-state index is -0.246. The minimum Gasteiger partial charge on any atom is -0.310 e. The van der Waals surface area contributed by atoms with Crippen LogP contribution in [0.3, 0.4) is 0 Å². The second kappa shape index (κ2) is 6.18. The van der Waals surface area contributed by atoms with E-state index in [4.69, 9.17) is 11.6 Å². The largest absolute Gasteiger partial charge is 0.310 e. The van der Waals surface area contributed by atoms with Gasteiger partial charge in [0, 0.05) is 10.6 Å². The van der Waals surface area contributed by atoms with E-state index in [-0.39, 0.29) is 11.3 Å². The number of H-pyrrole nitrogens is 1. The molecule has 1 aromatic heterocycles. The highest BCUT2D eigenvalue weighted by molar-refractivity contribution is 6.30.